The van der Waals surface area contributed by atoms with E-state index in [1.54, 1.807) is 36.5 Å². The molecule has 0 unspecified atom stereocenters. The van der Waals surface area contributed by atoms with Crippen molar-refractivity contribution in [2.45, 2.75) is 12.5 Å². The Kier molecular flexibility index (Phi) is 7.02. The molecule has 0 radical (unpaired) electrons. The Morgan fingerprint density at radius 3 is 2.48 bits per heavy atom. The molecular weight excluding hydrogens is 372 g/mol. The Morgan fingerprint density at radius 1 is 1.14 bits per heavy atom. The number of piperazine rings is 1. The Labute approximate surface area is 170 Å². The van der Waals surface area contributed by atoms with Crippen molar-refractivity contribution in [3.63, 3.8) is 0 Å². The SMILES string of the molecule is COc1ccccc1N1CCN(C(=O)[C@H](CO)NC(=O)Cc2ccncc2)CC1. The molecule has 2 N–H and O–H groups in total. The van der Waals surface area contributed by atoms with Crippen molar-refractivity contribution < 1.29 is 19.4 Å². The van der Waals surface area contributed by atoms with Crippen LogP contribution in [0, 0.1) is 0 Å². The number of hydrogen-bond donors (Lipinski definition) is 2. The summed E-state index contributed by atoms with van der Waals surface area (Å²) in [5, 5.41) is 12.3. The molecule has 1 saturated heterocycles. The number of nitrogens with one attached hydrogen (secondary N) is 1. The van der Waals surface area contributed by atoms with Crippen LogP contribution >= 0.6 is 0 Å². The van der Waals surface area contributed by atoms with Crippen LogP contribution in [-0.4, -0.2) is 72.7 Å². The molecule has 0 aliphatic carbocycles. The number of pyridine rings is 1. The quantitative estimate of drug-likeness (QED) is 0.704. The molecule has 0 spiro atoms. The van der Waals surface area contributed by atoms with Crippen LogP contribution < -0.4 is 15.0 Å². The predicted octanol–water partition coefficient (Wildman–Crippen LogP) is 0.459. The van der Waals surface area contributed by atoms with Crippen molar-refractivity contribution in [2.24, 2.45) is 0 Å². The van der Waals surface area contributed by atoms with Crippen LogP contribution in [0.25, 0.3) is 0 Å². The lowest BCUT2D eigenvalue weighted by atomic mass is 10.1. The number of rotatable bonds is 7. The van der Waals surface area contributed by atoms with E-state index in [0.29, 0.717) is 26.2 Å². The monoisotopic (exact) mass is 398 g/mol. The highest BCUT2D eigenvalue weighted by molar-refractivity contribution is 5.88. The Morgan fingerprint density at radius 2 is 1.83 bits per heavy atom. The third-order valence-corrected chi connectivity index (χ3v) is 4.95. The highest BCUT2D eigenvalue weighted by Crippen LogP contribution is 2.28. The summed E-state index contributed by atoms with van der Waals surface area (Å²) >= 11 is 0. The van der Waals surface area contributed by atoms with Gasteiger partial charge in [-0.15, -0.1) is 0 Å². The standard InChI is InChI=1S/C21H26N4O4/c1-29-19-5-3-2-4-18(19)24-10-12-25(13-11-24)21(28)17(15-26)23-20(27)14-16-6-8-22-9-7-16/h2-9,17,26H,10-15H2,1H3,(H,23,27)/t17-/m0/s1. The van der Waals surface area contributed by atoms with E-state index in [-0.39, 0.29) is 18.2 Å². The molecule has 1 aromatic carbocycles. The summed E-state index contributed by atoms with van der Waals surface area (Å²) in [6, 6.07) is 10.3. The van der Waals surface area contributed by atoms with Crippen molar-refractivity contribution in [2.75, 3.05) is 44.8 Å². The van der Waals surface area contributed by atoms with Crippen molar-refractivity contribution in [3.8, 4) is 5.75 Å². The highest BCUT2D eigenvalue weighted by atomic mass is 16.5. The second kappa shape index (κ2) is 9.88. The zero-order valence-electron chi connectivity index (χ0n) is 16.5. The number of nitrogens with zero attached hydrogens (tertiary/aromatic N) is 3. The zero-order chi connectivity index (χ0) is 20.6. The van der Waals surface area contributed by atoms with Crippen LogP contribution in [0.1, 0.15) is 5.56 Å². The Balaban J connectivity index is 1.55. The first-order valence-electron chi connectivity index (χ1n) is 9.58. The van der Waals surface area contributed by atoms with Gasteiger partial charge in [-0.1, -0.05) is 12.1 Å². The van der Waals surface area contributed by atoms with Crippen molar-refractivity contribution in [3.05, 3.63) is 54.4 Å². The zero-order valence-corrected chi connectivity index (χ0v) is 16.5. The normalized spacial score (nSPS) is 15.0. The molecule has 154 valence electrons. The Hall–Kier alpha value is -3.13. The van der Waals surface area contributed by atoms with Gasteiger partial charge in [0.25, 0.3) is 0 Å². The first-order valence-corrected chi connectivity index (χ1v) is 9.58. The topological polar surface area (TPSA) is 95.0 Å². The van der Waals surface area contributed by atoms with Gasteiger partial charge >= 0.3 is 0 Å². The minimum atomic E-state index is -0.942. The summed E-state index contributed by atoms with van der Waals surface area (Å²) in [6.07, 6.45) is 3.35. The van der Waals surface area contributed by atoms with Gasteiger partial charge in [-0.05, 0) is 29.8 Å². The smallest absolute Gasteiger partial charge is 0.247 e. The lowest BCUT2D eigenvalue weighted by molar-refractivity contribution is -0.137. The molecule has 29 heavy (non-hydrogen) atoms. The molecule has 2 aromatic rings. The second-order valence-electron chi connectivity index (χ2n) is 6.82. The summed E-state index contributed by atoms with van der Waals surface area (Å²) in [6.45, 7) is 1.87. The number of benzene rings is 1. The fourth-order valence-corrected chi connectivity index (χ4v) is 3.40. The van der Waals surface area contributed by atoms with Gasteiger partial charge in [0.05, 0.1) is 25.8 Å². The molecule has 8 heteroatoms. The van der Waals surface area contributed by atoms with Crippen molar-refractivity contribution in [1.82, 2.24) is 15.2 Å². The molecule has 0 saturated carbocycles. The van der Waals surface area contributed by atoms with Gasteiger partial charge in [-0.3, -0.25) is 14.6 Å². The molecule has 2 amide bonds. The molecule has 1 atom stereocenters. The van der Waals surface area contributed by atoms with Crippen LogP contribution in [0.2, 0.25) is 0 Å². The van der Waals surface area contributed by atoms with Gasteiger partial charge < -0.3 is 25.0 Å². The molecule has 8 nitrogen and oxygen atoms in total. The number of carbonyl (C=O) groups excluding carboxylic acids is 2. The minimum Gasteiger partial charge on any atom is -0.495 e. The summed E-state index contributed by atoms with van der Waals surface area (Å²) in [4.78, 5) is 32.8. The molecule has 1 fully saturated rings. The molecular formula is C21H26N4O4. The average Bonchev–Trinajstić information content (AvgIpc) is 2.77. The van der Waals surface area contributed by atoms with E-state index >= 15 is 0 Å². The minimum absolute atomic E-state index is 0.133. The van der Waals surface area contributed by atoms with Gasteiger partial charge in [0, 0.05) is 38.6 Å². The number of anilines is 1. The van der Waals surface area contributed by atoms with Crippen LogP contribution in [0.4, 0.5) is 5.69 Å². The maximum Gasteiger partial charge on any atom is 0.247 e. The third-order valence-electron chi connectivity index (χ3n) is 4.95. The number of aromatic nitrogens is 1. The second-order valence-corrected chi connectivity index (χ2v) is 6.82. The first-order chi connectivity index (χ1) is 14.1. The van der Waals surface area contributed by atoms with Gasteiger partial charge in [0.1, 0.15) is 11.8 Å². The Bertz CT molecular complexity index is 822. The van der Waals surface area contributed by atoms with Gasteiger partial charge in [-0.2, -0.15) is 0 Å². The lowest BCUT2D eigenvalue weighted by Gasteiger charge is -2.37. The number of hydrogen-bond acceptors (Lipinski definition) is 6. The fraction of sp³-hybridized carbons (Fsp3) is 0.381. The van der Waals surface area contributed by atoms with Crippen molar-refractivity contribution in [1.29, 1.82) is 0 Å². The highest BCUT2D eigenvalue weighted by Gasteiger charge is 2.28. The maximum atomic E-state index is 12.8. The molecule has 1 aliphatic rings. The van der Waals surface area contributed by atoms with E-state index in [0.717, 1.165) is 17.0 Å². The van der Waals surface area contributed by atoms with Crippen molar-refractivity contribution >= 4 is 17.5 Å². The number of methoxy groups -OCH3 is 1. The average molecular weight is 398 g/mol. The molecule has 0 bridgehead atoms. The molecule has 1 aromatic heterocycles. The fourth-order valence-electron chi connectivity index (χ4n) is 3.40. The molecule has 1 aliphatic heterocycles. The summed E-state index contributed by atoms with van der Waals surface area (Å²) in [5.74, 6) is 0.218. The first kappa shape index (κ1) is 20.6. The van der Waals surface area contributed by atoms with E-state index in [1.165, 1.54) is 0 Å². The number of carbonyl (C=O) groups is 2. The van der Waals surface area contributed by atoms with E-state index in [4.69, 9.17) is 4.74 Å². The number of para-hydroxylation sites is 2. The van der Waals surface area contributed by atoms with Gasteiger partial charge in [0.2, 0.25) is 11.8 Å². The van der Waals surface area contributed by atoms with E-state index in [1.807, 2.05) is 24.3 Å². The van der Waals surface area contributed by atoms with Crippen LogP contribution in [0.3, 0.4) is 0 Å². The van der Waals surface area contributed by atoms with E-state index in [2.05, 4.69) is 15.2 Å². The predicted molar refractivity (Wildman–Crippen MR) is 109 cm³/mol. The number of ether oxygens (including phenoxy) is 1. The number of amides is 2. The van der Waals surface area contributed by atoms with Gasteiger partial charge in [0.15, 0.2) is 0 Å². The van der Waals surface area contributed by atoms with E-state index in [9.17, 15) is 14.7 Å². The maximum absolute atomic E-state index is 12.8. The molecule has 2 heterocycles. The van der Waals surface area contributed by atoms with Crippen LogP contribution in [0.5, 0.6) is 5.75 Å². The number of aliphatic hydroxyl groups is 1. The third kappa shape index (κ3) is 5.23. The van der Waals surface area contributed by atoms with Crippen LogP contribution in [-0.2, 0) is 16.0 Å². The summed E-state index contributed by atoms with van der Waals surface area (Å²) in [5.41, 5.74) is 1.79. The largest absolute Gasteiger partial charge is 0.495 e. The summed E-state index contributed by atoms with van der Waals surface area (Å²) < 4.78 is 5.41. The van der Waals surface area contributed by atoms with Crippen LogP contribution in [0.15, 0.2) is 48.8 Å². The van der Waals surface area contributed by atoms with E-state index < -0.39 is 12.6 Å². The summed E-state index contributed by atoms with van der Waals surface area (Å²) in [7, 11) is 1.64. The van der Waals surface area contributed by atoms with Gasteiger partial charge in [-0.25, -0.2) is 0 Å². The lowest BCUT2D eigenvalue weighted by Crippen LogP contribution is -2.56. The number of aliphatic hydroxyl groups excluding tert-OH is 1. The molecule has 3 rings (SSSR count).